The predicted octanol–water partition coefficient (Wildman–Crippen LogP) is 2.24. The van der Waals surface area contributed by atoms with Gasteiger partial charge >= 0.3 is 0 Å². The van der Waals surface area contributed by atoms with Crippen LogP contribution < -0.4 is 5.73 Å². The molecule has 17 heavy (non-hydrogen) atoms. The minimum Gasteiger partial charge on any atom is -0.383 e. The summed E-state index contributed by atoms with van der Waals surface area (Å²) in [5.74, 6) is 0.724. The number of nitrogens with two attached hydrogens (primary N) is 1. The second kappa shape index (κ2) is 3.61. The van der Waals surface area contributed by atoms with Gasteiger partial charge in [0.1, 0.15) is 11.5 Å². The standard InChI is InChI=1S/C12H17N5/c1-8(2)16-7-15-11(12(16)13)10-5-14-6-17(10)9-3-4-9/h5-9H,3-4,13H2,1-2H3. The lowest BCUT2D eigenvalue weighted by molar-refractivity contribution is 0.607. The number of rotatable bonds is 3. The molecule has 0 saturated heterocycles. The summed E-state index contributed by atoms with van der Waals surface area (Å²) < 4.78 is 4.17. The number of nitrogens with zero attached hydrogens (tertiary/aromatic N) is 4. The number of anilines is 1. The van der Waals surface area contributed by atoms with Gasteiger partial charge < -0.3 is 14.9 Å². The molecule has 0 aromatic carbocycles. The van der Waals surface area contributed by atoms with E-state index in [0.29, 0.717) is 12.1 Å². The Kier molecular flexibility index (Phi) is 2.21. The first kappa shape index (κ1) is 10.4. The molecule has 5 heteroatoms. The minimum absolute atomic E-state index is 0.327. The Balaban J connectivity index is 2.06. The Labute approximate surface area is 100 Å². The minimum atomic E-state index is 0.327. The largest absolute Gasteiger partial charge is 0.383 e. The van der Waals surface area contributed by atoms with E-state index in [2.05, 4.69) is 28.4 Å². The van der Waals surface area contributed by atoms with Crippen molar-refractivity contribution >= 4 is 5.82 Å². The zero-order valence-corrected chi connectivity index (χ0v) is 10.2. The third-order valence-electron chi connectivity index (χ3n) is 3.24. The predicted molar refractivity (Wildman–Crippen MR) is 66.5 cm³/mol. The summed E-state index contributed by atoms with van der Waals surface area (Å²) in [6.45, 7) is 4.19. The number of aromatic nitrogens is 4. The molecule has 1 fully saturated rings. The maximum atomic E-state index is 6.14. The van der Waals surface area contributed by atoms with E-state index in [9.17, 15) is 0 Å². The van der Waals surface area contributed by atoms with E-state index in [1.165, 1.54) is 12.8 Å². The van der Waals surface area contributed by atoms with Gasteiger partial charge in [-0.1, -0.05) is 0 Å². The average Bonchev–Trinajstić information content (AvgIpc) is 2.88. The molecule has 0 unspecified atom stereocenters. The maximum Gasteiger partial charge on any atom is 0.133 e. The van der Waals surface area contributed by atoms with Gasteiger partial charge in [0, 0.05) is 12.1 Å². The first-order valence-corrected chi connectivity index (χ1v) is 6.03. The lowest BCUT2D eigenvalue weighted by Gasteiger charge is -2.09. The molecule has 0 spiro atoms. The molecule has 3 rings (SSSR count). The normalized spacial score (nSPS) is 15.7. The van der Waals surface area contributed by atoms with E-state index in [4.69, 9.17) is 5.73 Å². The van der Waals surface area contributed by atoms with Crippen molar-refractivity contribution in [2.45, 2.75) is 38.8 Å². The highest BCUT2D eigenvalue weighted by atomic mass is 15.2. The molecule has 2 heterocycles. The molecule has 0 atom stereocenters. The van der Waals surface area contributed by atoms with Crippen molar-refractivity contribution in [2.24, 2.45) is 0 Å². The van der Waals surface area contributed by atoms with Crippen molar-refractivity contribution in [3.63, 3.8) is 0 Å². The summed E-state index contributed by atoms with van der Waals surface area (Å²) in [6, 6.07) is 0.921. The van der Waals surface area contributed by atoms with Crippen LogP contribution in [-0.4, -0.2) is 19.1 Å². The fraction of sp³-hybridized carbons (Fsp3) is 0.500. The van der Waals surface area contributed by atoms with E-state index in [-0.39, 0.29) is 0 Å². The maximum absolute atomic E-state index is 6.14. The second-order valence-corrected chi connectivity index (χ2v) is 4.90. The van der Waals surface area contributed by atoms with Crippen LogP contribution in [0.25, 0.3) is 11.4 Å². The van der Waals surface area contributed by atoms with Crippen LogP contribution in [0.2, 0.25) is 0 Å². The van der Waals surface area contributed by atoms with Gasteiger partial charge in [-0.25, -0.2) is 9.97 Å². The Bertz CT molecular complexity index is 533. The zero-order chi connectivity index (χ0) is 12.0. The average molecular weight is 231 g/mol. The Morgan fingerprint density at radius 2 is 2.12 bits per heavy atom. The number of hydrogen-bond acceptors (Lipinski definition) is 3. The van der Waals surface area contributed by atoms with E-state index in [1.807, 2.05) is 17.1 Å². The van der Waals surface area contributed by atoms with Crippen molar-refractivity contribution in [3.05, 3.63) is 18.9 Å². The molecule has 90 valence electrons. The first-order chi connectivity index (χ1) is 8.18. The second-order valence-electron chi connectivity index (χ2n) is 4.90. The Morgan fingerprint density at radius 3 is 2.71 bits per heavy atom. The molecular weight excluding hydrogens is 214 g/mol. The monoisotopic (exact) mass is 231 g/mol. The molecule has 2 aromatic heterocycles. The smallest absolute Gasteiger partial charge is 0.133 e. The van der Waals surface area contributed by atoms with Gasteiger partial charge in [0.2, 0.25) is 0 Å². The van der Waals surface area contributed by atoms with Crippen LogP contribution in [0.1, 0.15) is 38.8 Å². The van der Waals surface area contributed by atoms with Gasteiger partial charge in [-0.15, -0.1) is 0 Å². The van der Waals surface area contributed by atoms with E-state index < -0.39 is 0 Å². The van der Waals surface area contributed by atoms with Gasteiger partial charge in [0.05, 0.1) is 24.5 Å². The number of imidazole rings is 2. The molecular formula is C12H17N5. The van der Waals surface area contributed by atoms with Crippen LogP contribution in [0.5, 0.6) is 0 Å². The van der Waals surface area contributed by atoms with Gasteiger partial charge in [0.15, 0.2) is 0 Å². The fourth-order valence-corrected chi connectivity index (χ4v) is 2.11. The summed E-state index contributed by atoms with van der Waals surface area (Å²) in [6.07, 6.45) is 7.99. The molecule has 1 saturated carbocycles. The highest BCUT2D eigenvalue weighted by Crippen LogP contribution is 2.39. The fourth-order valence-electron chi connectivity index (χ4n) is 2.11. The van der Waals surface area contributed by atoms with Crippen LogP contribution in [-0.2, 0) is 0 Å². The first-order valence-electron chi connectivity index (χ1n) is 6.03. The highest BCUT2D eigenvalue weighted by Gasteiger charge is 2.27. The molecule has 0 aliphatic heterocycles. The number of hydrogen-bond donors (Lipinski definition) is 1. The van der Waals surface area contributed by atoms with Crippen molar-refractivity contribution in [1.29, 1.82) is 0 Å². The van der Waals surface area contributed by atoms with Crippen LogP contribution in [0.15, 0.2) is 18.9 Å². The van der Waals surface area contributed by atoms with Crippen molar-refractivity contribution in [1.82, 2.24) is 19.1 Å². The van der Waals surface area contributed by atoms with Gasteiger partial charge in [-0.2, -0.15) is 0 Å². The van der Waals surface area contributed by atoms with Crippen LogP contribution in [0.4, 0.5) is 5.82 Å². The van der Waals surface area contributed by atoms with E-state index in [0.717, 1.165) is 17.2 Å². The summed E-state index contributed by atoms with van der Waals surface area (Å²) in [5.41, 5.74) is 8.03. The summed E-state index contributed by atoms with van der Waals surface area (Å²) >= 11 is 0. The van der Waals surface area contributed by atoms with Crippen molar-refractivity contribution in [2.75, 3.05) is 5.73 Å². The molecule has 2 N–H and O–H groups in total. The Hall–Kier alpha value is -1.78. The molecule has 1 aliphatic carbocycles. The van der Waals surface area contributed by atoms with Crippen LogP contribution in [0.3, 0.4) is 0 Å². The van der Waals surface area contributed by atoms with Gasteiger partial charge in [-0.3, -0.25) is 0 Å². The third-order valence-corrected chi connectivity index (χ3v) is 3.24. The Morgan fingerprint density at radius 1 is 1.35 bits per heavy atom. The number of nitrogen functional groups attached to an aromatic ring is 1. The van der Waals surface area contributed by atoms with Crippen molar-refractivity contribution < 1.29 is 0 Å². The SMILES string of the molecule is CC(C)n1cnc(-c2cncn2C2CC2)c1N. The quantitative estimate of drug-likeness (QED) is 0.881. The van der Waals surface area contributed by atoms with Crippen LogP contribution >= 0.6 is 0 Å². The topological polar surface area (TPSA) is 61.7 Å². The van der Waals surface area contributed by atoms with Crippen molar-refractivity contribution in [3.8, 4) is 11.4 Å². The third kappa shape index (κ3) is 1.62. The van der Waals surface area contributed by atoms with Gasteiger partial charge in [-0.05, 0) is 26.7 Å². The molecule has 2 aromatic rings. The highest BCUT2D eigenvalue weighted by molar-refractivity contribution is 5.67. The molecule has 0 radical (unpaired) electrons. The lowest BCUT2D eigenvalue weighted by atomic mass is 10.3. The molecule has 1 aliphatic rings. The van der Waals surface area contributed by atoms with Crippen LogP contribution in [0, 0.1) is 0 Å². The molecule has 5 nitrogen and oxygen atoms in total. The molecule has 0 bridgehead atoms. The lowest BCUT2D eigenvalue weighted by Crippen LogP contribution is -2.05. The summed E-state index contributed by atoms with van der Waals surface area (Å²) in [7, 11) is 0. The summed E-state index contributed by atoms with van der Waals surface area (Å²) in [4.78, 5) is 8.64. The van der Waals surface area contributed by atoms with E-state index >= 15 is 0 Å². The van der Waals surface area contributed by atoms with E-state index in [1.54, 1.807) is 6.33 Å². The van der Waals surface area contributed by atoms with Gasteiger partial charge in [0.25, 0.3) is 0 Å². The molecule has 0 amide bonds. The summed E-state index contributed by atoms with van der Waals surface area (Å²) in [5, 5.41) is 0. The zero-order valence-electron chi connectivity index (χ0n) is 10.2.